The van der Waals surface area contributed by atoms with Gasteiger partial charge in [-0.15, -0.1) is 0 Å². The van der Waals surface area contributed by atoms with Crippen LogP contribution in [0.25, 0.3) is 82.4 Å². The molecule has 0 aliphatic rings. The lowest BCUT2D eigenvalue weighted by atomic mass is 9.94. The lowest BCUT2D eigenvalue weighted by molar-refractivity contribution is 1.19. The van der Waals surface area contributed by atoms with Gasteiger partial charge in [-0.25, -0.2) is 0 Å². The third-order valence-electron chi connectivity index (χ3n) is 11.5. The summed E-state index contributed by atoms with van der Waals surface area (Å²) in [4.78, 5) is 2.45. The molecular formula is C56H38N2. The highest BCUT2D eigenvalue weighted by Crippen LogP contribution is 2.46. The zero-order chi connectivity index (χ0) is 38.4. The van der Waals surface area contributed by atoms with Crippen molar-refractivity contribution in [3.63, 3.8) is 0 Å². The van der Waals surface area contributed by atoms with Crippen LogP contribution in [0.15, 0.2) is 231 Å². The number of nitrogens with zero attached hydrogens (tertiary/aromatic N) is 2. The van der Waals surface area contributed by atoms with E-state index in [2.05, 4.69) is 240 Å². The van der Waals surface area contributed by atoms with Gasteiger partial charge in [0.15, 0.2) is 0 Å². The van der Waals surface area contributed by atoms with E-state index in [0.29, 0.717) is 0 Å². The van der Waals surface area contributed by atoms with Crippen molar-refractivity contribution >= 4 is 60.4 Å². The summed E-state index contributed by atoms with van der Waals surface area (Å²) in [5, 5.41) is 7.34. The Labute approximate surface area is 338 Å². The Hall–Kier alpha value is -7.68. The van der Waals surface area contributed by atoms with Crippen molar-refractivity contribution in [1.29, 1.82) is 0 Å². The summed E-state index contributed by atoms with van der Waals surface area (Å²) < 4.78 is 2.45. The van der Waals surface area contributed by atoms with Gasteiger partial charge < -0.3 is 9.47 Å². The summed E-state index contributed by atoms with van der Waals surface area (Å²) >= 11 is 0. The van der Waals surface area contributed by atoms with E-state index < -0.39 is 0 Å². The van der Waals surface area contributed by atoms with Crippen molar-refractivity contribution in [3.05, 3.63) is 231 Å². The molecule has 272 valence electrons. The molecule has 0 fully saturated rings. The number of anilines is 3. The monoisotopic (exact) mass is 738 g/mol. The predicted octanol–water partition coefficient (Wildman–Crippen LogP) is 15.6. The van der Waals surface area contributed by atoms with Crippen LogP contribution in [-0.2, 0) is 0 Å². The van der Waals surface area contributed by atoms with E-state index in [1.54, 1.807) is 0 Å². The van der Waals surface area contributed by atoms with Crippen LogP contribution in [0, 0.1) is 0 Å². The van der Waals surface area contributed by atoms with E-state index in [1.807, 2.05) is 0 Å². The summed E-state index contributed by atoms with van der Waals surface area (Å²) in [6.45, 7) is 0. The third kappa shape index (κ3) is 5.74. The van der Waals surface area contributed by atoms with Crippen LogP contribution < -0.4 is 4.90 Å². The van der Waals surface area contributed by atoms with Crippen molar-refractivity contribution in [2.75, 3.05) is 4.90 Å². The van der Waals surface area contributed by atoms with Gasteiger partial charge in [-0.3, -0.25) is 0 Å². The lowest BCUT2D eigenvalue weighted by Crippen LogP contribution is -2.11. The summed E-state index contributed by atoms with van der Waals surface area (Å²) in [6, 6.07) is 83.8. The fourth-order valence-electron chi connectivity index (χ4n) is 8.88. The number of hydrogen-bond donors (Lipinski definition) is 0. The van der Waals surface area contributed by atoms with Crippen molar-refractivity contribution in [3.8, 4) is 39.1 Å². The Morgan fingerprint density at radius 3 is 1.59 bits per heavy atom. The van der Waals surface area contributed by atoms with E-state index in [0.717, 1.165) is 28.3 Å². The number of rotatable bonds is 7. The van der Waals surface area contributed by atoms with Crippen LogP contribution >= 0.6 is 0 Å². The van der Waals surface area contributed by atoms with Gasteiger partial charge in [0.2, 0.25) is 0 Å². The molecule has 0 amide bonds. The van der Waals surface area contributed by atoms with E-state index in [9.17, 15) is 0 Å². The highest BCUT2D eigenvalue weighted by Gasteiger charge is 2.22. The van der Waals surface area contributed by atoms with E-state index >= 15 is 0 Å². The third-order valence-corrected chi connectivity index (χ3v) is 11.5. The van der Waals surface area contributed by atoms with Gasteiger partial charge in [-0.1, -0.05) is 170 Å². The molecule has 0 bridgehead atoms. The molecule has 1 aromatic heterocycles. The highest BCUT2D eigenvalue weighted by atomic mass is 15.1. The molecule has 0 N–H and O–H groups in total. The van der Waals surface area contributed by atoms with Crippen LogP contribution in [0.1, 0.15) is 0 Å². The zero-order valence-corrected chi connectivity index (χ0v) is 31.8. The van der Waals surface area contributed by atoms with Gasteiger partial charge in [-0.2, -0.15) is 0 Å². The molecule has 11 rings (SSSR count). The second kappa shape index (κ2) is 14.1. The van der Waals surface area contributed by atoms with Gasteiger partial charge in [-0.05, 0) is 105 Å². The maximum absolute atomic E-state index is 2.45. The normalized spacial score (nSPS) is 11.4. The first kappa shape index (κ1) is 33.6. The summed E-state index contributed by atoms with van der Waals surface area (Å²) in [7, 11) is 0. The molecule has 0 radical (unpaired) electrons. The molecule has 0 unspecified atom stereocenters. The van der Waals surface area contributed by atoms with Gasteiger partial charge in [0, 0.05) is 38.6 Å². The molecule has 0 saturated carbocycles. The van der Waals surface area contributed by atoms with Crippen molar-refractivity contribution in [2.45, 2.75) is 0 Å². The maximum Gasteiger partial charge on any atom is 0.0625 e. The number of fused-ring (bicyclic) bond motifs is 6. The van der Waals surface area contributed by atoms with Crippen LogP contribution in [0.4, 0.5) is 17.1 Å². The number of hydrogen-bond acceptors (Lipinski definition) is 1. The van der Waals surface area contributed by atoms with Gasteiger partial charge in [0.25, 0.3) is 0 Å². The van der Waals surface area contributed by atoms with Crippen molar-refractivity contribution in [2.24, 2.45) is 0 Å². The van der Waals surface area contributed by atoms with Gasteiger partial charge in [0.05, 0.1) is 16.7 Å². The minimum atomic E-state index is 1.09. The molecule has 2 nitrogen and oxygen atoms in total. The number of para-hydroxylation sites is 2. The Bertz CT molecular complexity index is 3210. The molecule has 0 atom stereocenters. The molecule has 0 aliphatic heterocycles. The smallest absolute Gasteiger partial charge is 0.0625 e. The second-order valence-electron chi connectivity index (χ2n) is 14.9. The molecular weight excluding hydrogens is 701 g/mol. The molecule has 0 aliphatic carbocycles. The van der Waals surface area contributed by atoms with E-state index in [-0.39, 0.29) is 0 Å². The van der Waals surface area contributed by atoms with Gasteiger partial charge in [0.1, 0.15) is 0 Å². The molecule has 11 aromatic rings. The SMILES string of the molecule is c1ccc(-c2cc(-c3ccccc3)cc(N(c3cccc(-c4cc5ccccc5c5c4c4ccccc4n5-c4ccccc4)c3)c3cccc4ccccc34)c2)cc1. The molecule has 10 aromatic carbocycles. The summed E-state index contributed by atoms with van der Waals surface area (Å²) in [6.07, 6.45) is 0. The summed E-state index contributed by atoms with van der Waals surface area (Å²) in [5.74, 6) is 0. The van der Waals surface area contributed by atoms with E-state index in [1.165, 1.54) is 71.2 Å². The largest absolute Gasteiger partial charge is 0.310 e. The fourth-order valence-corrected chi connectivity index (χ4v) is 8.88. The Morgan fingerprint density at radius 2 is 0.862 bits per heavy atom. The Kier molecular flexibility index (Phi) is 8.19. The Morgan fingerprint density at radius 1 is 0.328 bits per heavy atom. The summed E-state index contributed by atoms with van der Waals surface area (Å²) in [5.41, 5.74) is 14.0. The maximum atomic E-state index is 2.45. The minimum Gasteiger partial charge on any atom is -0.310 e. The quantitative estimate of drug-likeness (QED) is 0.158. The minimum absolute atomic E-state index is 1.09. The van der Waals surface area contributed by atoms with Crippen molar-refractivity contribution in [1.82, 2.24) is 4.57 Å². The second-order valence-corrected chi connectivity index (χ2v) is 14.9. The first-order valence-electron chi connectivity index (χ1n) is 19.9. The molecule has 0 spiro atoms. The van der Waals surface area contributed by atoms with E-state index in [4.69, 9.17) is 0 Å². The molecule has 58 heavy (non-hydrogen) atoms. The first-order chi connectivity index (χ1) is 28.8. The fraction of sp³-hybridized carbons (Fsp3) is 0. The topological polar surface area (TPSA) is 8.17 Å². The van der Waals surface area contributed by atoms with Gasteiger partial charge >= 0.3 is 0 Å². The number of aromatic nitrogens is 1. The zero-order valence-electron chi connectivity index (χ0n) is 31.8. The van der Waals surface area contributed by atoms with Crippen LogP contribution in [-0.4, -0.2) is 4.57 Å². The predicted molar refractivity (Wildman–Crippen MR) is 247 cm³/mol. The highest BCUT2D eigenvalue weighted by molar-refractivity contribution is 6.24. The standard InChI is InChI=1S/C56H38N2/c1-4-18-39(19-5-1)44-34-45(40-20-6-2-7-21-40)37-48(36-44)57(53-33-17-24-41-22-10-12-29-49(41)53)47-28-16-25-42(35-47)52-38-43-23-11-13-30-50(43)56-55(52)51-31-14-15-32-54(51)58(56)46-26-8-3-9-27-46/h1-38H. The molecule has 0 saturated heterocycles. The Balaban J connectivity index is 1.20. The first-order valence-corrected chi connectivity index (χ1v) is 19.9. The van der Waals surface area contributed by atoms with Crippen LogP contribution in [0.5, 0.6) is 0 Å². The van der Waals surface area contributed by atoms with Crippen LogP contribution in [0.2, 0.25) is 0 Å². The van der Waals surface area contributed by atoms with Crippen LogP contribution in [0.3, 0.4) is 0 Å². The average molecular weight is 739 g/mol. The molecule has 2 heteroatoms. The lowest BCUT2D eigenvalue weighted by Gasteiger charge is -2.28. The molecule has 1 heterocycles. The average Bonchev–Trinajstić information content (AvgIpc) is 3.65. The number of benzene rings is 10. The van der Waals surface area contributed by atoms with Crippen molar-refractivity contribution < 1.29 is 0 Å².